The third-order valence-corrected chi connectivity index (χ3v) is 3.76. The summed E-state index contributed by atoms with van der Waals surface area (Å²) < 4.78 is 11.4. The van der Waals surface area contributed by atoms with Gasteiger partial charge in [-0.05, 0) is 26.7 Å². The largest absolute Gasteiger partial charge is 0.353 e. The summed E-state index contributed by atoms with van der Waals surface area (Å²) >= 11 is 0. The Labute approximate surface area is 113 Å². The zero-order valence-corrected chi connectivity index (χ0v) is 12.5. The number of ether oxygens (including phenoxy) is 2. The molecule has 108 valence electrons. The van der Waals surface area contributed by atoms with Crippen LogP contribution in [0.4, 0.5) is 0 Å². The number of rotatable bonds is 4. The Bertz CT molecular complexity index is 168. The first-order valence-electron chi connectivity index (χ1n) is 8.02. The van der Waals surface area contributed by atoms with Crippen molar-refractivity contribution >= 4 is 0 Å². The summed E-state index contributed by atoms with van der Waals surface area (Å²) in [5, 5.41) is 0. The molecule has 2 heteroatoms. The van der Waals surface area contributed by atoms with Crippen molar-refractivity contribution in [3.8, 4) is 0 Å². The molecule has 1 fully saturated rings. The molecule has 0 amide bonds. The zero-order valence-electron chi connectivity index (χ0n) is 12.5. The van der Waals surface area contributed by atoms with Gasteiger partial charge in [-0.1, -0.05) is 57.8 Å². The highest BCUT2D eigenvalue weighted by atomic mass is 16.7. The Morgan fingerprint density at radius 1 is 0.778 bits per heavy atom. The van der Waals surface area contributed by atoms with Crippen LogP contribution in [0.2, 0.25) is 0 Å². The van der Waals surface area contributed by atoms with E-state index in [1.807, 2.05) is 0 Å². The minimum atomic E-state index is 0.274. The van der Waals surface area contributed by atoms with Crippen molar-refractivity contribution in [2.75, 3.05) is 6.79 Å². The third kappa shape index (κ3) is 8.93. The fourth-order valence-corrected chi connectivity index (χ4v) is 2.56. The standard InChI is InChI=1S/C16H32O2/c1-15(2)17-14-18-16-12-10-8-6-4-3-5-7-9-11-13-16/h15-16H,3-14H2,1-2H3. The minimum absolute atomic E-state index is 0.274. The Morgan fingerprint density at radius 3 is 1.67 bits per heavy atom. The molecule has 1 rings (SSSR count). The van der Waals surface area contributed by atoms with Gasteiger partial charge in [0.15, 0.2) is 0 Å². The van der Waals surface area contributed by atoms with Gasteiger partial charge in [0.1, 0.15) is 6.79 Å². The fourth-order valence-electron chi connectivity index (χ4n) is 2.56. The molecule has 0 spiro atoms. The predicted molar refractivity (Wildman–Crippen MR) is 76.7 cm³/mol. The van der Waals surface area contributed by atoms with Crippen molar-refractivity contribution in [3.63, 3.8) is 0 Å². The van der Waals surface area contributed by atoms with Crippen molar-refractivity contribution in [1.29, 1.82) is 0 Å². The normalized spacial score (nSPS) is 21.5. The van der Waals surface area contributed by atoms with E-state index in [0.717, 1.165) is 0 Å². The lowest BCUT2D eigenvalue weighted by atomic mass is 9.99. The van der Waals surface area contributed by atoms with E-state index in [1.54, 1.807) is 0 Å². The summed E-state index contributed by atoms with van der Waals surface area (Å²) in [7, 11) is 0. The number of hydrogen-bond acceptors (Lipinski definition) is 2. The van der Waals surface area contributed by atoms with Gasteiger partial charge in [-0.25, -0.2) is 0 Å². The second kappa shape index (κ2) is 10.8. The molecule has 0 heterocycles. The Kier molecular flexibility index (Phi) is 9.59. The van der Waals surface area contributed by atoms with Crippen LogP contribution >= 0.6 is 0 Å². The van der Waals surface area contributed by atoms with Gasteiger partial charge in [-0.15, -0.1) is 0 Å². The molecule has 2 nitrogen and oxygen atoms in total. The molecule has 0 N–H and O–H groups in total. The molecule has 0 aliphatic heterocycles. The summed E-state index contributed by atoms with van der Waals surface area (Å²) in [6.45, 7) is 4.59. The average molecular weight is 256 g/mol. The zero-order chi connectivity index (χ0) is 13.1. The van der Waals surface area contributed by atoms with Gasteiger partial charge in [-0.2, -0.15) is 0 Å². The van der Waals surface area contributed by atoms with E-state index in [9.17, 15) is 0 Å². The van der Waals surface area contributed by atoms with Gasteiger partial charge < -0.3 is 9.47 Å². The first kappa shape index (κ1) is 16.0. The topological polar surface area (TPSA) is 18.5 Å². The van der Waals surface area contributed by atoms with E-state index in [4.69, 9.17) is 9.47 Å². The quantitative estimate of drug-likeness (QED) is 0.655. The van der Waals surface area contributed by atoms with Crippen molar-refractivity contribution < 1.29 is 9.47 Å². The summed E-state index contributed by atoms with van der Waals surface area (Å²) in [6, 6.07) is 0. The van der Waals surface area contributed by atoms with Crippen molar-refractivity contribution in [3.05, 3.63) is 0 Å². The molecule has 18 heavy (non-hydrogen) atoms. The molecule has 1 aliphatic rings. The van der Waals surface area contributed by atoms with Crippen molar-refractivity contribution in [2.24, 2.45) is 0 Å². The van der Waals surface area contributed by atoms with E-state index < -0.39 is 0 Å². The van der Waals surface area contributed by atoms with Gasteiger partial charge in [0.05, 0.1) is 12.2 Å². The van der Waals surface area contributed by atoms with Crippen LogP contribution in [0, 0.1) is 0 Å². The Balaban J connectivity index is 2.18. The van der Waals surface area contributed by atoms with Crippen molar-refractivity contribution in [2.45, 2.75) is 96.7 Å². The highest BCUT2D eigenvalue weighted by Crippen LogP contribution is 2.18. The van der Waals surface area contributed by atoms with Crippen LogP contribution in [0.15, 0.2) is 0 Å². The average Bonchev–Trinajstić information content (AvgIpc) is 2.31. The molecule has 0 aromatic carbocycles. The molecular formula is C16H32O2. The van der Waals surface area contributed by atoms with E-state index in [2.05, 4.69) is 13.8 Å². The molecule has 0 radical (unpaired) electrons. The second-order valence-corrected chi connectivity index (χ2v) is 5.88. The Hall–Kier alpha value is -0.0800. The van der Waals surface area contributed by atoms with Gasteiger partial charge in [0.25, 0.3) is 0 Å². The summed E-state index contributed by atoms with van der Waals surface area (Å²) in [5.74, 6) is 0. The van der Waals surface area contributed by atoms with Crippen molar-refractivity contribution in [1.82, 2.24) is 0 Å². The monoisotopic (exact) mass is 256 g/mol. The van der Waals surface area contributed by atoms with Gasteiger partial charge in [0, 0.05) is 0 Å². The number of hydrogen-bond donors (Lipinski definition) is 0. The third-order valence-electron chi connectivity index (χ3n) is 3.76. The lowest BCUT2D eigenvalue weighted by Crippen LogP contribution is -2.17. The van der Waals surface area contributed by atoms with E-state index in [0.29, 0.717) is 12.9 Å². The second-order valence-electron chi connectivity index (χ2n) is 5.88. The molecule has 0 bridgehead atoms. The fraction of sp³-hybridized carbons (Fsp3) is 1.00. The smallest absolute Gasteiger partial charge is 0.147 e. The molecule has 1 aliphatic carbocycles. The van der Waals surface area contributed by atoms with Crippen LogP contribution in [0.25, 0.3) is 0 Å². The lowest BCUT2D eigenvalue weighted by molar-refractivity contribution is -0.113. The molecule has 0 aromatic rings. The maximum Gasteiger partial charge on any atom is 0.147 e. The van der Waals surface area contributed by atoms with E-state index in [-0.39, 0.29) is 6.10 Å². The molecule has 0 atom stereocenters. The summed E-state index contributed by atoms with van der Waals surface area (Å²) in [5.41, 5.74) is 0. The van der Waals surface area contributed by atoms with Crippen LogP contribution in [0.5, 0.6) is 0 Å². The van der Waals surface area contributed by atoms with E-state index in [1.165, 1.54) is 70.6 Å². The van der Waals surface area contributed by atoms with Gasteiger partial charge in [0.2, 0.25) is 0 Å². The molecular weight excluding hydrogens is 224 g/mol. The van der Waals surface area contributed by atoms with Crippen LogP contribution < -0.4 is 0 Å². The first-order valence-corrected chi connectivity index (χ1v) is 8.02. The summed E-state index contributed by atoms with van der Waals surface area (Å²) in [6.07, 6.45) is 15.7. The van der Waals surface area contributed by atoms with Crippen LogP contribution in [-0.2, 0) is 9.47 Å². The molecule has 1 saturated carbocycles. The lowest BCUT2D eigenvalue weighted by Gasteiger charge is -2.19. The minimum Gasteiger partial charge on any atom is -0.353 e. The predicted octanol–water partition coefficient (Wildman–Crippen LogP) is 5.06. The summed E-state index contributed by atoms with van der Waals surface area (Å²) in [4.78, 5) is 0. The molecule has 0 saturated heterocycles. The van der Waals surface area contributed by atoms with Gasteiger partial charge in [-0.3, -0.25) is 0 Å². The SMILES string of the molecule is CC(C)OCOC1CCCCCCCCCCC1. The van der Waals surface area contributed by atoms with Crippen LogP contribution in [0.1, 0.15) is 84.5 Å². The molecule has 0 unspecified atom stereocenters. The van der Waals surface area contributed by atoms with Crippen LogP contribution in [0.3, 0.4) is 0 Å². The van der Waals surface area contributed by atoms with Crippen LogP contribution in [-0.4, -0.2) is 19.0 Å². The highest BCUT2D eigenvalue weighted by Gasteiger charge is 2.10. The molecule has 0 aromatic heterocycles. The van der Waals surface area contributed by atoms with E-state index >= 15 is 0 Å². The van der Waals surface area contributed by atoms with Gasteiger partial charge >= 0.3 is 0 Å². The maximum absolute atomic E-state index is 5.88. The first-order chi connectivity index (χ1) is 8.79. The Morgan fingerprint density at radius 2 is 1.22 bits per heavy atom. The highest BCUT2D eigenvalue weighted by molar-refractivity contribution is 4.61. The maximum atomic E-state index is 5.88.